The maximum Gasteiger partial charge on any atom is 0.209 e. The van der Waals surface area contributed by atoms with Crippen molar-refractivity contribution in [1.82, 2.24) is 14.9 Å². The highest BCUT2D eigenvalue weighted by molar-refractivity contribution is 7.99. The molecule has 0 amide bonds. The van der Waals surface area contributed by atoms with Gasteiger partial charge in [0.05, 0.1) is 6.10 Å². The summed E-state index contributed by atoms with van der Waals surface area (Å²) in [5.41, 5.74) is 1.26. The van der Waals surface area contributed by atoms with Gasteiger partial charge in [-0.05, 0) is 46.5 Å². The number of aromatic nitrogens is 3. The van der Waals surface area contributed by atoms with Crippen molar-refractivity contribution >= 4 is 22.5 Å². The third kappa shape index (κ3) is 5.97. The number of hydrogen-bond donors (Lipinski definition) is 2. The van der Waals surface area contributed by atoms with Gasteiger partial charge in [-0.3, -0.25) is 0 Å². The van der Waals surface area contributed by atoms with Crippen LogP contribution in [-0.2, 0) is 6.61 Å². The second-order valence-corrected chi connectivity index (χ2v) is 9.05. The van der Waals surface area contributed by atoms with Crippen molar-refractivity contribution in [2.24, 2.45) is 0 Å². The Hall–Kier alpha value is -3.23. The normalized spacial score (nSPS) is 12.2. The molecule has 3 aromatic carbocycles. The zero-order chi connectivity index (χ0) is 23.2. The third-order valence-electron chi connectivity index (χ3n) is 5.22. The van der Waals surface area contributed by atoms with Crippen LogP contribution in [0.15, 0.2) is 71.9 Å². The lowest BCUT2D eigenvalue weighted by molar-refractivity contribution is 0.126. The van der Waals surface area contributed by atoms with Crippen LogP contribution in [-0.4, -0.2) is 38.4 Å². The van der Waals surface area contributed by atoms with Gasteiger partial charge in [0.2, 0.25) is 5.16 Å². The fraction of sp³-hybridized carbons (Fsp3) is 0.280. The standard InChI is InChI=1S/C25H28N4O3S/c1-17(2)18-7-10-22(11-8-18)32-15-24-27-28-25(29(24)26)33-16-21(30)14-31-23-12-9-19-5-3-4-6-20(19)13-23/h3-13,17,21,30H,14-16,26H2,1-2H3. The van der Waals surface area contributed by atoms with Crippen LogP contribution in [0.3, 0.4) is 0 Å². The number of ether oxygens (including phenoxy) is 2. The number of nitrogens with zero attached hydrogens (tertiary/aromatic N) is 3. The van der Waals surface area contributed by atoms with Crippen LogP contribution in [0.1, 0.15) is 31.2 Å². The molecule has 0 saturated heterocycles. The van der Waals surface area contributed by atoms with Crippen LogP contribution in [0.5, 0.6) is 11.5 Å². The lowest BCUT2D eigenvalue weighted by Crippen LogP contribution is -2.21. The molecular weight excluding hydrogens is 436 g/mol. The summed E-state index contributed by atoms with van der Waals surface area (Å²) >= 11 is 1.32. The van der Waals surface area contributed by atoms with E-state index in [-0.39, 0.29) is 13.2 Å². The van der Waals surface area contributed by atoms with Crippen molar-refractivity contribution < 1.29 is 14.6 Å². The predicted octanol–water partition coefficient (Wildman–Crippen LogP) is 4.38. The van der Waals surface area contributed by atoms with Gasteiger partial charge in [-0.15, -0.1) is 10.2 Å². The first-order valence-corrected chi connectivity index (χ1v) is 11.8. The molecule has 1 heterocycles. The van der Waals surface area contributed by atoms with E-state index in [2.05, 4.69) is 42.2 Å². The first-order valence-electron chi connectivity index (χ1n) is 10.8. The van der Waals surface area contributed by atoms with Gasteiger partial charge in [-0.25, -0.2) is 4.68 Å². The summed E-state index contributed by atoms with van der Waals surface area (Å²) < 4.78 is 12.9. The van der Waals surface area contributed by atoms with Gasteiger partial charge >= 0.3 is 0 Å². The Balaban J connectivity index is 1.25. The van der Waals surface area contributed by atoms with Gasteiger partial charge in [0, 0.05) is 5.75 Å². The highest BCUT2D eigenvalue weighted by Crippen LogP contribution is 2.22. The Morgan fingerprint density at radius 1 is 0.939 bits per heavy atom. The Morgan fingerprint density at radius 2 is 1.67 bits per heavy atom. The van der Waals surface area contributed by atoms with Crippen LogP contribution in [0, 0.1) is 0 Å². The number of nitrogens with two attached hydrogens (primary N) is 1. The van der Waals surface area contributed by atoms with Crippen LogP contribution < -0.4 is 15.3 Å². The van der Waals surface area contributed by atoms with Gasteiger partial charge in [0.25, 0.3) is 0 Å². The molecule has 1 aromatic heterocycles. The topological polar surface area (TPSA) is 95.4 Å². The quantitative estimate of drug-likeness (QED) is 0.266. The first kappa shape index (κ1) is 22.9. The molecule has 8 heteroatoms. The molecule has 0 aliphatic rings. The number of aliphatic hydroxyl groups excluding tert-OH is 1. The Labute approximate surface area is 197 Å². The highest BCUT2D eigenvalue weighted by Gasteiger charge is 2.14. The fourth-order valence-corrected chi connectivity index (χ4v) is 4.05. The van der Waals surface area contributed by atoms with Crippen molar-refractivity contribution in [2.45, 2.75) is 37.6 Å². The summed E-state index contributed by atoms with van der Waals surface area (Å²) in [4.78, 5) is 0. The second-order valence-electron chi connectivity index (χ2n) is 8.07. The number of fused-ring (bicyclic) bond motifs is 1. The Morgan fingerprint density at radius 3 is 2.42 bits per heavy atom. The van der Waals surface area contributed by atoms with E-state index in [9.17, 15) is 5.11 Å². The van der Waals surface area contributed by atoms with E-state index >= 15 is 0 Å². The lowest BCUT2D eigenvalue weighted by Gasteiger charge is -2.12. The van der Waals surface area contributed by atoms with E-state index in [0.29, 0.717) is 22.7 Å². The van der Waals surface area contributed by atoms with Gasteiger partial charge < -0.3 is 20.4 Å². The molecule has 3 N–H and O–H groups in total. The monoisotopic (exact) mass is 464 g/mol. The number of hydrogen-bond acceptors (Lipinski definition) is 7. The Kier molecular flexibility index (Phi) is 7.36. The van der Waals surface area contributed by atoms with Crippen molar-refractivity contribution in [3.63, 3.8) is 0 Å². The number of aliphatic hydroxyl groups is 1. The van der Waals surface area contributed by atoms with Gasteiger partial charge in [0.15, 0.2) is 5.82 Å². The minimum Gasteiger partial charge on any atom is -0.491 e. The van der Waals surface area contributed by atoms with Gasteiger partial charge in [-0.1, -0.05) is 68.1 Å². The number of benzene rings is 3. The smallest absolute Gasteiger partial charge is 0.209 e. The Bertz CT molecular complexity index is 1190. The molecule has 1 unspecified atom stereocenters. The van der Waals surface area contributed by atoms with E-state index < -0.39 is 6.10 Å². The zero-order valence-electron chi connectivity index (χ0n) is 18.7. The van der Waals surface area contributed by atoms with E-state index in [0.717, 1.165) is 22.3 Å². The molecular formula is C25H28N4O3S. The minimum absolute atomic E-state index is 0.173. The molecule has 4 rings (SSSR count). The number of nitrogen functional groups attached to an aromatic ring is 1. The first-order chi connectivity index (χ1) is 16.0. The van der Waals surface area contributed by atoms with Crippen molar-refractivity contribution in [3.8, 4) is 11.5 Å². The third-order valence-corrected chi connectivity index (χ3v) is 6.31. The van der Waals surface area contributed by atoms with E-state index in [1.54, 1.807) is 0 Å². The van der Waals surface area contributed by atoms with Crippen LogP contribution in [0.4, 0.5) is 0 Å². The average molecular weight is 465 g/mol. The highest BCUT2D eigenvalue weighted by atomic mass is 32.2. The molecule has 0 aliphatic carbocycles. The second kappa shape index (κ2) is 10.6. The summed E-state index contributed by atoms with van der Waals surface area (Å²) in [6, 6.07) is 21.9. The molecule has 0 bridgehead atoms. The molecule has 0 spiro atoms. The fourth-order valence-electron chi connectivity index (χ4n) is 3.27. The summed E-state index contributed by atoms with van der Waals surface area (Å²) in [6.07, 6.45) is -0.683. The van der Waals surface area contributed by atoms with Crippen molar-refractivity contribution in [3.05, 3.63) is 78.1 Å². The van der Waals surface area contributed by atoms with E-state index in [4.69, 9.17) is 15.3 Å². The summed E-state index contributed by atoms with van der Waals surface area (Å²) in [7, 11) is 0. The predicted molar refractivity (Wildman–Crippen MR) is 131 cm³/mol. The average Bonchev–Trinajstić information content (AvgIpc) is 3.19. The minimum atomic E-state index is -0.683. The molecule has 7 nitrogen and oxygen atoms in total. The summed E-state index contributed by atoms with van der Waals surface area (Å²) in [5, 5.41) is 21.3. The molecule has 0 saturated carbocycles. The van der Waals surface area contributed by atoms with Crippen LogP contribution in [0.2, 0.25) is 0 Å². The maximum atomic E-state index is 10.3. The van der Waals surface area contributed by atoms with Gasteiger partial charge in [-0.2, -0.15) is 0 Å². The van der Waals surface area contributed by atoms with Gasteiger partial charge in [0.1, 0.15) is 24.7 Å². The summed E-state index contributed by atoms with van der Waals surface area (Å²) in [6.45, 7) is 4.68. The molecule has 33 heavy (non-hydrogen) atoms. The van der Waals surface area contributed by atoms with E-state index in [1.165, 1.54) is 22.0 Å². The molecule has 0 aliphatic heterocycles. The largest absolute Gasteiger partial charge is 0.491 e. The number of thioether (sulfide) groups is 1. The molecule has 4 aromatic rings. The molecule has 1 atom stereocenters. The van der Waals surface area contributed by atoms with Crippen molar-refractivity contribution in [2.75, 3.05) is 18.2 Å². The maximum absolute atomic E-state index is 10.3. The number of rotatable bonds is 10. The zero-order valence-corrected chi connectivity index (χ0v) is 19.5. The van der Waals surface area contributed by atoms with Crippen LogP contribution >= 0.6 is 11.8 Å². The molecule has 0 radical (unpaired) electrons. The molecule has 172 valence electrons. The van der Waals surface area contributed by atoms with E-state index in [1.807, 2.05) is 48.5 Å². The lowest BCUT2D eigenvalue weighted by atomic mass is 10.0. The van der Waals surface area contributed by atoms with Crippen molar-refractivity contribution in [1.29, 1.82) is 0 Å². The van der Waals surface area contributed by atoms with Crippen LogP contribution in [0.25, 0.3) is 10.8 Å². The summed E-state index contributed by atoms with van der Waals surface area (Å²) in [5.74, 6) is 8.94. The molecule has 0 fully saturated rings. The SMILES string of the molecule is CC(C)c1ccc(OCc2nnc(SCC(O)COc3ccc4ccccc4c3)n2N)cc1.